The molecule has 9 heteroatoms. The van der Waals surface area contributed by atoms with Gasteiger partial charge in [-0.2, -0.15) is 0 Å². The Morgan fingerprint density at radius 2 is 2.00 bits per heavy atom. The quantitative estimate of drug-likeness (QED) is 0.767. The van der Waals surface area contributed by atoms with Crippen molar-refractivity contribution >= 4 is 23.9 Å². The Morgan fingerprint density at radius 3 is 2.46 bits per heavy atom. The van der Waals surface area contributed by atoms with Crippen LogP contribution in [0.1, 0.15) is 13.8 Å². The number of halogens is 3. The van der Waals surface area contributed by atoms with Gasteiger partial charge < -0.3 is 0 Å². The van der Waals surface area contributed by atoms with Crippen LogP contribution in [0.25, 0.3) is 0 Å². The van der Waals surface area contributed by atoms with Gasteiger partial charge in [-0.15, -0.1) is 0 Å². The minimum absolute atomic E-state index is 0.0564. The topological polar surface area (TPSA) is 22.8 Å². The number of rotatable bonds is 2. The SMILES string of the molecule is CCp1n[p+](CC)n(F)p(F)n1F. The van der Waals surface area contributed by atoms with Crippen LogP contribution < -0.4 is 0 Å². The maximum absolute atomic E-state index is 13.0. The Hall–Kier alpha value is 0.0900. The van der Waals surface area contributed by atoms with Crippen molar-refractivity contribution in [1.82, 2.24) is 13.1 Å². The van der Waals surface area contributed by atoms with Crippen molar-refractivity contribution in [2.45, 2.75) is 26.2 Å². The van der Waals surface area contributed by atoms with E-state index in [-0.39, 0.29) is 8.63 Å². The summed E-state index contributed by atoms with van der Waals surface area (Å²) >= 11 is 0. The first kappa shape index (κ1) is 11.2. The van der Waals surface area contributed by atoms with Crippen LogP contribution in [0.5, 0.6) is 0 Å². The van der Waals surface area contributed by atoms with Gasteiger partial charge in [0.1, 0.15) is 0 Å². The Balaban J connectivity index is 3.36. The molecule has 0 fully saturated rings. The third-order valence-electron chi connectivity index (χ3n) is 1.43. The van der Waals surface area contributed by atoms with Gasteiger partial charge in [-0.25, -0.2) is 0 Å². The molecule has 1 heterocycles. The van der Waals surface area contributed by atoms with Crippen LogP contribution in [-0.2, 0) is 12.3 Å². The second-order valence-corrected chi connectivity index (χ2v) is 8.18. The Kier molecular flexibility index (Phi) is 3.90. The highest BCUT2D eigenvalue weighted by atomic mass is 31.2. The zero-order valence-electron chi connectivity index (χ0n) is 7.23. The molecule has 0 aliphatic carbocycles. The first-order valence-corrected chi connectivity index (χ1v) is 7.76. The molecule has 76 valence electrons. The zero-order valence-corrected chi connectivity index (χ0v) is 9.91. The van der Waals surface area contributed by atoms with E-state index in [2.05, 4.69) is 4.51 Å². The summed E-state index contributed by atoms with van der Waals surface area (Å²) in [6.07, 6.45) is 0.864. The van der Waals surface area contributed by atoms with Crippen LogP contribution in [-0.4, -0.2) is 13.1 Å². The molecule has 2 unspecified atom stereocenters. The first-order chi connectivity index (χ1) is 6.11. The van der Waals surface area contributed by atoms with Gasteiger partial charge in [0.25, 0.3) is 0 Å². The zero-order chi connectivity index (χ0) is 10.0. The molecule has 0 radical (unpaired) electrons. The largest absolute Gasteiger partial charge is 0.410 e. The first-order valence-electron chi connectivity index (χ1n) is 3.75. The Morgan fingerprint density at radius 1 is 1.38 bits per heavy atom. The standard InChI is InChI=1S/C4H10F3N3P3/c1-3-11-8-12(4-2)10(6)13(7)9(11)5/h3-4H2,1-2H3/q+1. The molecule has 0 saturated heterocycles. The Bertz CT molecular complexity index is 306. The molecule has 0 spiro atoms. The average molecular weight is 250 g/mol. The van der Waals surface area contributed by atoms with Crippen molar-refractivity contribution in [3.63, 3.8) is 0 Å². The average Bonchev–Trinajstić information content (AvgIpc) is 2.15. The normalized spacial score (nSPS) is 14.7. The Labute approximate surface area is 77.1 Å². The van der Waals surface area contributed by atoms with Gasteiger partial charge in [0, 0.05) is 8.63 Å². The third kappa shape index (κ3) is 2.12. The highest BCUT2D eigenvalue weighted by Crippen LogP contribution is 2.46. The molecule has 0 N–H and O–H groups in total. The molecule has 1 aromatic heterocycles. The number of hydrogen-bond donors (Lipinski definition) is 0. The minimum Gasteiger partial charge on any atom is -0.0700 e. The summed E-state index contributed by atoms with van der Waals surface area (Å²) in [5, 5.41) is 0. The van der Waals surface area contributed by atoms with E-state index in [4.69, 9.17) is 0 Å². The predicted molar refractivity (Wildman–Crippen MR) is 51.2 cm³/mol. The van der Waals surface area contributed by atoms with Crippen LogP contribution in [0, 0.1) is 0 Å². The molecule has 0 aromatic carbocycles. The lowest BCUT2D eigenvalue weighted by Gasteiger charge is -1.99. The van der Waals surface area contributed by atoms with Gasteiger partial charge in [0.2, 0.25) is 15.7 Å². The second-order valence-electron chi connectivity index (χ2n) is 2.19. The third-order valence-corrected chi connectivity index (χ3v) is 7.64. The highest BCUT2D eigenvalue weighted by molar-refractivity contribution is 7.61. The molecule has 0 amide bonds. The lowest BCUT2D eigenvalue weighted by Crippen LogP contribution is -1.90. The predicted octanol–water partition coefficient (Wildman–Crippen LogP) is 4.29. The van der Waals surface area contributed by atoms with E-state index in [9.17, 15) is 13.2 Å². The maximum atomic E-state index is 13.0. The summed E-state index contributed by atoms with van der Waals surface area (Å²) in [6, 6.07) is 0. The van der Waals surface area contributed by atoms with Gasteiger partial charge >= 0.3 is 8.16 Å². The van der Waals surface area contributed by atoms with Gasteiger partial charge in [0.05, 0.1) is 12.3 Å². The van der Waals surface area contributed by atoms with Crippen LogP contribution in [0.4, 0.5) is 13.2 Å². The summed E-state index contributed by atoms with van der Waals surface area (Å²) in [6.45, 7) is 3.45. The van der Waals surface area contributed by atoms with Crippen molar-refractivity contribution in [2.24, 2.45) is 0 Å². The number of aromatic nitrogens is 3. The molecule has 0 saturated carbocycles. The fourth-order valence-corrected chi connectivity index (χ4v) is 7.24. The van der Waals surface area contributed by atoms with Gasteiger partial charge in [-0.3, -0.25) is 0 Å². The highest BCUT2D eigenvalue weighted by Gasteiger charge is 2.22. The maximum Gasteiger partial charge on any atom is 0.410 e. The van der Waals surface area contributed by atoms with E-state index in [1.807, 2.05) is 0 Å². The van der Waals surface area contributed by atoms with Crippen molar-refractivity contribution < 1.29 is 13.2 Å². The molecule has 2 atom stereocenters. The number of aryl methyl sites for hydroxylation is 2. The van der Waals surface area contributed by atoms with Crippen LogP contribution in [0.15, 0.2) is 0 Å². The van der Waals surface area contributed by atoms with E-state index in [0.29, 0.717) is 12.3 Å². The molecule has 0 bridgehead atoms. The summed E-state index contributed by atoms with van der Waals surface area (Å²) < 4.78 is 42.7. The molecule has 1 aromatic rings. The lowest BCUT2D eigenvalue weighted by atomic mass is 11.0. The molecule has 0 aliphatic heterocycles. The van der Waals surface area contributed by atoms with Crippen molar-refractivity contribution in [3.05, 3.63) is 0 Å². The second kappa shape index (κ2) is 4.54. The number of hydrogen-bond acceptors (Lipinski definition) is 1. The molecule has 3 nitrogen and oxygen atoms in total. The van der Waals surface area contributed by atoms with E-state index in [1.54, 1.807) is 13.8 Å². The van der Waals surface area contributed by atoms with Crippen molar-refractivity contribution in [2.75, 3.05) is 0 Å². The molecular weight excluding hydrogens is 240 g/mol. The monoisotopic (exact) mass is 250 g/mol. The van der Waals surface area contributed by atoms with Gasteiger partial charge in [0.15, 0.2) is 0 Å². The van der Waals surface area contributed by atoms with Gasteiger partial charge in [-0.05, 0) is 13.8 Å². The van der Waals surface area contributed by atoms with E-state index >= 15 is 0 Å². The lowest BCUT2D eigenvalue weighted by molar-refractivity contribution is 0.400. The van der Waals surface area contributed by atoms with E-state index in [1.165, 1.54) is 0 Å². The molecule has 0 aliphatic rings. The van der Waals surface area contributed by atoms with Crippen LogP contribution >= 0.6 is 23.9 Å². The smallest absolute Gasteiger partial charge is 0.0700 e. The summed E-state index contributed by atoms with van der Waals surface area (Å²) in [5.41, 5.74) is 0. The number of nitrogens with zero attached hydrogens (tertiary/aromatic N) is 3. The summed E-state index contributed by atoms with van der Waals surface area (Å²) in [5.74, 6) is 0. The van der Waals surface area contributed by atoms with E-state index < -0.39 is 23.9 Å². The molecule has 1 rings (SSSR count). The molecular formula is C4H10F3N3P3+. The van der Waals surface area contributed by atoms with E-state index in [0.717, 1.165) is 0 Å². The van der Waals surface area contributed by atoms with Gasteiger partial charge in [-0.1, -0.05) is 17.7 Å². The molecule has 13 heavy (non-hydrogen) atoms. The fourth-order valence-electron chi connectivity index (χ4n) is 0.776. The van der Waals surface area contributed by atoms with Crippen molar-refractivity contribution in [3.8, 4) is 0 Å². The van der Waals surface area contributed by atoms with Crippen molar-refractivity contribution in [1.29, 1.82) is 0 Å². The summed E-state index contributed by atoms with van der Waals surface area (Å²) in [4.78, 5) is 0. The minimum atomic E-state index is -2.91. The summed E-state index contributed by atoms with van der Waals surface area (Å²) in [7, 11) is -5.81. The van der Waals surface area contributed by atoms with Crippen LogP contribution in [0.3, 0.4) is 0 Å². The van der Waals surface area contributed by atoms with Crippen LogP contribution in [0.2, 0.25) is 0 Å². The fraction of sp³-hybridized carbons (Fsp3) is 1.00.